The quantitative estimate of drug-likeness (QED) is 0.719. The van der Waals surface area contributed by atoms with Gasteiger partial charge in [-0.05, 0) is 5.56 Å². The van der Waals surface area contributed by atoms with E-state index in [4.69, 9.17) is 5.73 Å². The molecule has 2 N–H and O–H groups in total. The average Bonchev–Trinajstić information content (AvgIpc) is 2.37. The zero-order chi connectivity index (χ0) is 15.2. The van der Waals surface area contributed by atoms with Crippen LogP contribution in [0.4, 0.5) is 0 Å². The Bertz CT molecular complexity index is 618. The van der Waals surface area contributed by atoms with E-state index in [0.29, 0.717) is 0 Å². The van der Waals surface area contributed by atoms with Crippen LogP contribution < -0.4 is 5.73 Å². The fourth-order valence-corrected chi connectivity index (χ4v) is 4.67. The van der Waals surface area contributed by atoms with E-state index >= 15 is 0 Å². The molecule has 0 atom stereocenters. The molecule has 0 bridgehead atoms. The first kappa shape index (κ1) is 20.3. The minimum atomic E-state index is -3.64. The van der Waals surface area contributed by atoms with Gasteiger partial charge in [0, 0.05) is 25.9 Å². The van der Waals surface area contributed by atoms with E-state index in [9.17, 15) is 16.8 Å². The summed E-state index contributed by atoms with van der Waals surface area (Å²) in [4.78, 5) is 0. The number of nitrogens with two attached hydrogens (primary N) is 1. The van der Waals surface area contributed by atoms with Gasteiger partial charge in [-0.15, -0.1) is 12.4 Å². The molecule has 0 saturated heterocycles. The van der Waals surface area contributed by atoms with Gasteiger partial charge in [0.05, 0.1) is 11.5 Å². The lowest BCUT2D eigenvalue weighted by atomic mass is 10.2. The molecule has 6 nitrogen and oxygen atoms in total. The Hall–Kier alpha value is -0.670. The molecule has 0 aliphatic carbocycles. The first-order chi connectivity index (χ1) is 9.24. The summed E-state index contributed by atoms with van der Waals surface area (Å²) in [6, 6.07) is 9.11. The van der Waals surface area contributed by atoms with Crippen molar-refractivity contribution in [1.29, 1.82) is 0 Å². The van der Waals surface area contributed by atoms with Crippen LogP contribution in [-0.4, -0.2) is 52.0 Å². The Morgan fingerprint density at radius 1 is 1.05 bits per heavy atom. The monoisotopic (exact) mass is 356 g/mol. The van der Waals surface area contributed by atoms with Gasteiger partial charge in [0.1, 0.15) is 9.84 Å². The van der Waals surface area contributed by atoms with Gasteiger partial charge in [-0.3, -0.25) is 0 Å². The second kappa shape index (κ2) is 8.70. The molecule has 0 aliphatic rings. The number of nitrogens with zero attached hydrogens (tertiary/aromatic N) is 1. The van der Waals surface area contributed by atoms with E-state index < -0.39 is 25.6 Å². The summed E-state index contributed by atoms with van der Waals surface area (Å²) in [5.74, 6) is -0.802. The Kier molecular flexibility index (Phi) is 8.42. The second-order valence-electron chi connectivity index (χ2n) is 4.55. The van der Waals surface area contributed by atoms with Gasteiger partial charge in [0.2, 0.25) is 10.0 Å². The summed E-state index contributed by atoms with van der Waals surface area (Å²) in [6.07, 6.45) is 1.02. The van der Waals surface area contributed by atoms with Crippen molar-refractivity contribution in [3.05, 3.63) is 35.9 Å². The van der Waals surface area contributed by atoms with Crippen LogP contribution in [0.25, 0.3) is 0 Å². The maximum absolute atomic E-state index is 12.2. The molecule has 1 aromatic carbocycles. The van der Waals surface area contributed by atoms with Crippen LogP contribution in [0.15, 0.2) is 30.3 Å². The topological polar surface area (TPSA) is 97.5 Å². The van der Waals surface area contributed by atoms with Crippen LogP contribution >= 0.6 is 12.4 Å². The van der Waals surface area contributed by atoms with Crippen LogP contribution in [0.1, 0.15) is 5.56 Å². The molecule has 21 heavy (non-hydrogen) atoms. The zero-order valence-electron chi connectivity index (χ0n) is 11.8. The van der Waals surface area contributed by atoms with E-state index in [1.807, 2.05) is 30.3 Å². The molecule has 122 valence electrons. The summed E-state index contributed by atoms with van der Waals surface area (Å²) >= 11 is 0. The van der Waals surface area contributed by atoms with Crippen molar-refractivity contribution in [3.63, 3.8) is 0 Å². The molecule has 0 amide bonds. The van der Waals surface area contributed by atoms with Gasteiger partial charge in [-0.1, -0.05) is 30.3 Å². The van der Waals surface area contributed by atoms with E-state index in [1.165, 1.54) is 4.31 Å². The number of hydrogen-bond donors (Lipinski definition) is 1. The normalized spacial score (nSPS) is 12.1. The SMILES string of the molecule is CS(=O)(=O)CCS(=O)(=O)N(CCN)Cc1ccccc1.Cl. The number of rotatable bonds is 8. The van der Waals surface area contributed by atoms with Crippen molar-refractivity contribution in [2.24, 2.45) is 5.73 Å². The highest BCUT2D eigenvalue weighted by atomic mass is 35.5. The predicted octanol–water partition coefficient (Wildman–Crippen LogP) is 0.244. The molecular formula is C12H21ClN2O4S2. The minimum absolute atomic E-state index is 0. The van der Waals surface area contributed by atoms with Gasteiger partial charge in [0.25, 0.3) is 0 Å². The standard InChI is InChI=1S/C12H20N2O4S2.ClH/c1-19(15,16)9-10-20(17,18)14(8-7-13)11-12-5-3-2-4-6-12;/h2-6H,7-11,13H2,1H3;1H. The number of benzene rings is 1. The summed E-state index contributed by atoms with van der Waals surface area (Å²) in [6.45, 7) is 0.552. The molecule has 1 aromatic rings. The van der Waals surface area contributed by atoms with Crippen molar-refractivity contribution in [2.75, 3.05) is 30.9 Å². The molecule has 9 heteroatoms. The van der Waals surface area contributed by atoms with E-state index in [-0.39, 0.29) is 37.8 Å². The lowest BCUT2D eigenvalue weighted by Gasteiger charge is -2.21. The maximum atomic E-state index is 12.2. The summed E-state index contributed by atoms with van der Waals surface area (Å²) in [5.41, 5.74) is 6.27. The van der Waals surface area contributed by atoms with E-state index in [2.05, 4.69) is 0 Å². The van der Waals surface area contributed by atoms with Crippen molar-refractivity contribution < 1.29 is 16.8 Å². The molecule has 0 aliphatic heterocycles. The molecule has 0 saturated carbocycles. The summed E-state index contributed by atoms with van der Waals surface area (Å²) in [7, 11) is -6.96. The van der Waals surface area contributed by atoms with Gasteiger partial charge >= 0.3 is 0 Å². The van der Waals surface area contributed by atoms with Crippen molar-refractivity contribution in [3.8, 4) is 0 Å². The molecule has 1 rings (SSSR count). The van der Waals surface area contributed by atoms with Crippen molar-refractivity contribution in [1.82, 2.24) is 4.31 Å². The van der Waals surface area contributed by atoms with E-state index in [1.54, 1.807) is 0 Å². The molecule has 0 spiro atoms. The Balaban J connectivity index is 0.00000400. The molecule has 0 radical (unpaired) electrons. The predicted molar refractivity (Wildman–Crippen MR) is 86.7 cm³/mol. The number of halogens is 1. The fraction of sp³-hybridized carbons (Fsp3) is 0.500. The third kappa shape index (κ3) is 7.77. The molecule has 0 aromatic heterocycles. The molecule has 0 unspecified atom stereocenters. The number of sulfonamides is 1. The Morgan fingerprint density at radius 3 is 2.10 bits per heavy atom. The van der Waals surface area contributed by atoms with Crippen LogP contribution in [0.5, 0.6) is 0 Å². The highest BCUT2D eigenvalue weighted by Gasteiger charge is 2.23. The number of sulfone groups is 1. The van der Waals surface area contributed by atoms with Crippen molar-refractivity contribution in [2.45, 2.75) is 6.54 Å². The molecule has 0 fully saturated rings. The average molecular weight is 357 g/mol. The maximum Gasteiger partial charge on any atom is 0.215 e. The second-order valence-corrected chi connectivity index (χ2v) is 8.90. The van der Waals surface area contributed by atoms with Gasteiger partial charge < -0.3 is 5.73 Å². The Labute approximate surface area is 132 Å². The van der Waals surface area contributed by atoms with Crippen molar-refractivity contribution >= 4 is 32.3 Å². The fourth-order valence-electron chi connectivity index (χ4n) is 1.63. The van der Waals surface area contributed by atoms with E-state index in [0.717, 1.165) is 11.8 Å². The minimum Gasteiger partial charge on any atom is -0.329 e. The first-order valence-corrected chi connectivity index (χ1v) is 9.81. The number of hydrogen-bond acceptors (Lipinski definition) is 5. The third-order valence-corrected chi connectivity index (χ3v) is 5.71. The van der Waals surface area contributed by atoms with Crippen LogP contribution in [-0.2, 0) is 26.4 Å². The Morgan fingerprint density at radius 2 is 1.62 bits per heavy atom. The van der Waals surface area contributed by atoms with Crippen LogP contribution in [0.3, 0.4) is 0 Å². The third-order valence-electron chi connectivity index (χ3n) is 2.69. The molecule has 0 heterocycles. The van der Waals surface area contributed by atoms with Crippen LogP contribution in [0, 0.1) is 0 Å². The first-order valence-electron chi connectivity index (χ1n) is 6.14. The highest BCUT2D eigenvalue weighted by Crippen LogP contribution is 2.10. The summed E-state index contributed by atoms with van der Waals surface area (Å²) < 4.78 is 47.8. The van der Waals surface area contributed by atoms with Gasteiger partial charge in [-0.2, -0.15) is 4.31 Å². The lowest BCUT2D eigenvalue weighted by Crippen LogP contribution is -2.37. The highest BCUT2D eigenvalue weighted by molar-refractivity contribution is 7.93. The lowest BCUT2D eigenvalue weighted by molar-refractivity contribution is 0.415. The van der Waals surface area contributed by atoms with Gasteiger partial charge in [0.15, 0.2) is 0 Å². The zero-order valence-corrected chi connectivity index (χ0v) is 14.3. The van der Waals surface area contributed by atoms with Gasteiger partial charge in [-0.25, -0.2) is 16.8 Å². The molecular weight excluding hydrogens is 336 g/mol. The summed E-state index contributed by atoms with van der Waals surface area (Å²) in [5, 5.41) is 0. The smallest absolute Gasteiger partial charge is 0.215 e. The largest absolute Gasteiger partial charge is 0.329 e. The van der Waals surface area contributed by atoms with Crippen LogP contribution in [0.2, 0.25) is 0 Å².